The molecule has 0 bridgehead atoms. The summed E-state index contributed by atoms with van der Waals surface area (Å²) in [6, 6.07) is 9.35. The molecule has 0 spiro atoms. The molecule has 1 aromatic carbocycles. The molecule has 0 aromatic heterocycles. The van der Waals surface area contributed by atoms with Gasteiger partial charge in [-0.1, -0.05) is 88.6 Å². The van der Waals surface area contributed by atoms with Crippen molar-refractivity contribution < 1.29 is 9.90 Å². The number of amides is 1. The van der Waals surface area contributed by atoms with Gasteiger partial charge in [-0.05, 0) is 12.0 Å². The average molecular weight is 319 g/mol. The molecule has 130 valence electrons. The van der Waals surface area contributed by atoms with Crippen LogP contribution in [0.25, 0.3) is 0 Å². The van der Waals surface area contributed by atoms with Crippen LogP contribution in [0.2, 0.25) is 0 Å². The fourth-order valence-electron chi connectivity index (χ4n) is 2.78. The Morgan fingerprint density at radius 1 is 0.957 bits per heavy atom. The summed E-state index contributed by atoms with van der Waals surface area (Å²) >= 11 is 0. The van der Waals surface area contributed by atoms with Crippen molar-refractivity contribution in [2.24, 2.45) is 0 Å². The van der Waals surface area contributed by atoms with Gasteiger partial charge in [0.2, 0.25) is 5.91 Å². The molecule has 0 aliphatic rings. The highest BCUT2D eigenvalue weighted by atomic mass is 16.3. The van der Waals surface area contributed by atoms with Crippen LogP contribution in [0.5, 0.6) is 0 Å². The minimum atomic E-state index is -0.290. The van der Waals surface area contributed by atoms with Crippen LogP contribution < -0.4 is 5.32 Å². The molecule has 0 heterocycles. The second-order valence-electron chi connectivity index (χ2n) is 6.29. The lowest BCUT2D eigenvalue weighted by Gasteiger charge is -2.16. The molecule has 0 unspecified atom stereocenters. The van der Waals surface area contributed by atoms with Gasteiger partial charge in [-0.25, -0.2) is 0 Å². The van der Waals surface area contributed by atoms with Crippen molar-refractivity contribution in [3.8, 4) is 0 Å². The summed E-state index contributed by atoms with van der Waals surface area (Å²) in [5.74, 6) is 0.0378. The highest BCUT2D eigenvalue weighted by molar-refractivity contribution is 5.76. The monoisotopic (exact) mass is 319 g/mol. The fourth-order valence-corrected chi connectivity index (χ4v) is 2.78. The van der Waals surface area contributed by atoms with Gasteiger partial charge in [0.05, 0.1) is 12.6 Å². The largest absolute Gasteiger partial charge is 0.394 e. The summed E-state index contributed by atoms with van der Waals surface area (Å²) in [4.78, 5) is 12.0. The number of hydrogen-bond donors (Lipinski definition) is 2. The Morgan fingerprint density at radius 3 is 2.09 bits per heavy atom. The Hall–Kier alpha value is -1.35. The molecule has 23 heavy (non-hydrogen) atoms. The maximum atomic E-state index is 12.0. The van der Waals surface area contributed by atoms with Gasteiger partial charge in [-0.3, -0.25) is 4.79 Å². The third-order valence-corrected chi connectivity index (χ3v) is 4.23. The van der Waals surface area contributed by atoms with Crippen molar-refractivity contribution >= 4 is 5.91 Å². The molecule has 0 radical (unpaired) electrons. The number of hydrogen-bond acceptors (Lipinski definition) is 2. The molecular weight excluding hydrogens is 286 g/mol. The van der Waals surface area contributed by atoms with Gasteiger partial charge < -0.3 is 10.4 Å². The van der Waals surface area contributed by atoms with Crippen molar-refractivity contribution in [3.05, 3.63) is 35.9 Å². The van der Waals surface area contributed by atoms with Crippen molar-refractivity contribution in [1.29, 1.82) is 0 Å². The molecule has 3 nitrogen and oxygen atoms in total. The quantitative estimate of drug-likeness (QED) is 0.515. The molecule has 1 atom stereocenters. The van der Waals surface area contributed by atoms with E-state index >= 15 is 0 Å². The van der Waals surface area contributed by atoms with Crippen molar-refractivity contribution in [3.63, 3.8) is 0 Å². The smallest absolute Gasteiger partial charge is 0.220 e. The Labute approximate surface area is 141 Å². The van der Waals surface area contributed by atoms with E-state index in [0.29, 0.717) is 6.42 Å². The van der Waals surface area contributed by atoms with E-state index in [1.807, 2.05) is 30.3 Å². The van der Waals surface area contributed by atoms with Crippen molar-refractivity contribution in [2.75, 3.05) is 6.61 Å². The van der Waals surface area contributed by atoms with E-state index in [1.165, 1.54) is 44.9 Å². The standard InChI is InChI=1S/C20H33NO2/c1-2-3-4-5-6-7-8-9-13-16-20(23)21-19(17-22)18-14-11-10-12-15-18/h10-12,14-15,19,22H,2-9,13,16-17H2,1H3,(H,21,23)/t19-/m0/s1. The molecule has 1 amide bonds. The van der Waals surface area contributed by atoms with Gasteiger partial charge >= 0.3 is 0 Å². The summed E-state index contributed by atoms with van der Waals surface area (Å²) in [6.45, 7) is 2.18. The van der Waals surface area contributed by atoms with Crippen LogP contribution in [0.1, 0.15) is 82.7 Å². The lowest BCUT2D eigenvalue weighted by molar-refractivity contribution is -0.122. The van der Waals surface area contributed by atoms with Gasteiger partial charge in [0, 0.05) is 6.42 Å². The maximum absolute atomic E-state index is 12.0. The van der Waals surface area contributed by atoms with E-state index in [9.17, 15) is 9.90 Å². The molecule has 0 saturated heterocycles. The summed E-state index contributed by atoms with van der Waals surface area (Å²) in [7, 11) is 0. The topological polar surface area (TPSA) is 49.3 Å². The van der Waals surface area contributed by atoms with E-state index in [0.717, 1.165) is 18.4 Å². The van der Waals surface area contributed by atoms with Gasteiger partial charge in [-0.15, -0.1) is 0 Å². The zero-order chi connectivity index (χ0) is 16.8. The van der Waals surface area contributed by atoms with Crippen LogP contribution >= 0.6 is 0 Å². The van der Waals surface area contributed by atoms with E-state index in [4.69, 9.17) is 0 Å². The number of benzene rings is 1. The van der Waals surface area contributed by atoms with Crippen LogP contribution in [0.3, 0.4) is 0 Å². The number of rotatable bonds is 13. The number of carbonyl (C=O) groups is 1. The number of aliphatic hydroxyl groups excluding tert-OH is 1. The Kier molecular flexibility index (Phi) is 11.2. The maximum Gasteiger partial charge on any atom is 0.220 e. The van der Waals surface area contributed by atoms with E-state index in [-0.39, 0.29) is 18.6 Å². The number of carbonyl (C=O) groups excluding carboxylic acids is 1. The van der Waals surface area contributed by atoms with Crippen LogP contribution in [0.15, 0.2) is 30.3 Å². The first-order valence-electron chi connectivity index (χ1n) is 9.23. The van der Waals surface area contributed by atoms with E-state index < -0.39 is 0 Å². The highest BCUT2D eigenvalue weighted by Gasteiger charge is 2.12. The van der Waals surface area contributed by atoms with Crippen LogP contribution in [0, 0.1) is 0 Å². The van der Waals surface area contributed by atoms with Crippen LogP contribution in [0.4, 0.5) is 0 Å². The minimum absolute atomic E-state index is 0.0378. The first-order valence-corrected chi connectivity index (χ1v) is 9.23. The first kappa shape index (κ1) is 19.7. The third-order valence-electron chi connectivity index (χ3n) is 4.23. The average Bonchev–Trinajstić information content (AvgIpc) is 2.59. The van der Waals surface area contributed by atoms with Crippen LogP contribution in [-0.2, 0) is 4.79 Å². The number of aliphatic hydroxyl groups is 1. The Morgan fingerprint density at radius 2 is 1.52 bits per heavy atom. The summed E-state index contributed by atoms with van der Waals surface area (Å²) in [6.07, 6.45) is 11.8. The zero-order valence-corrected chi connectivity index (χ0v) is 14.6. The van der Waals surface area contributed by atoms with Gasteiger partial charge in [0.25, 0.3) is 0 Å². The summed E-state index contributed by atoms with van der Waals surface area (Å²) in [5.41, 5.74) is 0.954. The normalized spacial score (nSPS) is 12.1. The molecule has 1 rings (SSSR count). The van der Waals surface area contributed by atoms with E-state index in [1.54, 1.807) is 0 Å². The lowest BCUT2D eigenvalue weighted by Crippen LogP contribution is -2.30. The van der Waals surface area contributed by atoms with Gasteiger partial charge in [-0.2, -0.15) is 0 Å². The summed E-state index contributed by atoms with van der Waals surface area (Å²) in [5, 5.41) is 12.4. The molecule has 1 aromatic rings. The Balaban J connectivity index is 2.07. The van der Waals surface area contributed by atoms with Gasteiger partial charge in [0.15, 0.2) is 0 Å². The highest BCUT2D eigenvalue weighted by Crippen LogP contribution is 2.13. The van der Waals surface area contributed by atoms with Crippen LogP contribution in [-0.4, -0.2) is 17.6 Å². The number of unbranched alkanes of at least 4 members (excludes halogenated alkanes) is 8. The molecule has 0 fully saturated rings. The molecule has 0 aliphatic carbocycles. The predicted molar refractivity (Wildman–Crippen MR) is 96.3 cm³/mol. The Bertz CT molecular complexity index is 405. The fraction of sp³-hybridized carbons (Fsp3) is 0.650. The molecule has 0 saturated carbocycles. The molecule has 2 N–H and O–H groups in total. The number of nitrogens with one attached hydrogen (secondary N) is 1. The van der Waals surface area contributed by atoms with Crippen molar-refractivity contribution in [1.82, 2.24) is 5.32 Å². The second kappa shape index (κ2) is 13.1. The molecule has 3 heteroatoms. The second-order valence-corrected chi connectivity index (χ2v) is 6.29. The molecular formula is C20H33NO2. The predicted octanol–water partition coefficient (Wildman–Crippen LogP) is 4.76. The SMILES string of the molecule is CCCCCCCCCCCC(=O)N[C@@H](CO)c1ccccc1. The van der Waals surface area contributed by atoms with Crippen molar-refractivity contribution in [2.45, 2.75) is 77.2 Å². The van der Waals surface area contributed by atoms with Gasteiger partial charge in [0.1, 0.15) is 0 Å². The molecule has 0 aliphatic heterocycles. The van der Waals surface area contributed by atoms with E-state index in [2.05, 4.69) is 12.2 Å². The first-order chi connectivity index (χ1) is 11.3. The summed E-state index contributed by atoms with van der Waals surface area (Å²) < 4.78 is 0. The minimum Gasteiger partial charge on any atom is -0.394 e. The zero-order valence-electron chi connectivity index (χ0n) is 14.6. The third kappa shape index (κ3) is 9.39. The lowest BCUT2D eigenvalue weighted by atomic mass is 10.1.